The molecular formula is C28H29N5O3. The number of rotatable bonds is 7. The molecule has 36 heavy (non-hydrogen) atoms. The Labute approximate surface area is 209 Å². The first-order chi connectivity index (χ1) is 17.6. The summed E-state index contributed by atoms with van der Waals surface area (Å²) in [4.78, 5) is 35.2. The van der Waals surface area contributed by atoms with Gasteiger partial charge in [0.25, 0.3) is 5.91 Å². The van der Waals surface area contributed by atoms with E-state index in [4.69, 9.17) is 9.72 Å². The zero-order valence-corrected chi connectivity index (χ0v) is 20.5. The minimum Gasteiger partial charge on any atom is -0.375 e. The normalized spacial score (nSPS) is 14.9. The zero-order valence-electron chi connectivity index (χ0n) is 20.5. The molecule has 2 amide bonds. The molecule has 0 saturated heterocycles. The molecule has 8 heteroatoms. The molecule has 1 aliphatic carbocycles. The van der Waals surface area contributed by atoms with Gasteiger partial charge in [-0.15, -0.1) is 0 Å². The Hall–Kier alpha value is -4.04. The number of ether oxygens (including phenoxy) is 1. The summed E-state index contributed by atoms with van der Waals surface area (Å²) in [6.07, 6.45) is 6.39. The van der Waals surface area contributed by atoms with E-state index >= 15 is 0 Å². The van der Waals surface area contributed by atoms with Gasteiger partial charge in [0.2, 0.25) is 5.91 Å². The van der Waals surface area contributed by atoms with Crippen LogP contribution in [-0.4, -0.2) is 40.1 Å². The fraction of sp³-hybridized carbons (Fsp3) is 0.286. The summed E-state index contributed by atoms with van der Waals surface area (Å²) in [5.74, 6) is 0.224. The third-order valence-corrected chi connectivity index (χ3v) is 6.56. The summed E-state index contributed by atoms with van der Waals surface area (Å²) >= 11 is 0. The molecule has 8 nitrogen and oxygen atoms in total. The van der Waals surface area contributed by atoms with E-state index in [0.717, 1.165) is 41.7 Å². The zero-order chi connectivity index (χ0) is 25.1. The average molecular weight is 484 g/mol. The number of carbonyl (C=O) groups excluding carboxylic acids is 2. The number of carbonyl (C=O) groups is 2. The van der Waals surface area contributed by atoms with E-state index in [9.17, 15) is 9.59 Å². The van der Waals surface area contributed by atoms with Crippen molar-refractivity contribution in [3.8, 4) is 11.4 Å². The van der Waals surface area contributed by atoms with Crippen LogP contribution in [0.25, 0.3) is 22.4 Å². The second-order valence-corrected chi connectivity index (χ2v) is 8.91. The van der Waals surface area contributed by atoms with Crippen LogP contribution in [0.15, 0.2) is 60.9 Å². The van der Waals surface area contributed by atoms with E-state index in [0.29, 0.717) is 23.3 Å². The van der Waals surface area contributed by atoms with Crippen molar-refractivity contribution in [2.45, 2.75) is 38.8 Å². The van der Waals surface area contributed by atoms with Crippen LogP contribution in [0.3, 0.4) is 0 Å². The number of hydrogen-bond donors (Lipinski definition) is 2. The molecule has 5 rings (SSSR count). The number of fused-ring (bicyclic) bond motifs is 2. The van der Waals surface area contributed by atoms with Crippen LogP contribution < -0.4 is 10.6 Å². The Morgan fingerprint density at radius 1 is 1.17 bits per heavy atom. The highest BCUT2D eigenvalue weighted by atomic mass is 16.5. The van der Waals surface area contributed by atoms with Gasteiger partial charge in [-0.3, -0.25) is 14.6 Å². The minimum absolute atomic E-state index is 0.0694. The van der Waals surface area contributed by atoms with Crippen molar-refractivity contribution in [2.24, 2.45) is 0 Å². The molecule has 1 atom stereocenters. The average Bonchev–Trinajstić information content (AvgIpc) is 3.27. The summed E-state index contributed by atoms with van der Waals surface area (Å²) in [7, 11) is 1.47. The maximum atomic E-state index is 13.8. The number of aryl methyl sites for hydroxylation is 2. The SMILES string of the molecule is CCn1c(-c2cccnc2)nc2cc(NC(=O)COC)cc(C(=O)N[C@@H]3CCCc4ccccc43)c21. The molecule has 184 valence electrons. The van der Waals surface area contributed by atoms with Gasteiger partial charge in [0.1, 0.15) is 12.4 Å². The Balaban J connectivity index is 1.60. The number of anilines is 1. The molecule has 0 fully saturated rings. The summed E-state index contributed by atoms with van der Waals surface area (Å²) in [5, 5.41) is 6.09. The van der Waals surface area contributed by atoms with Crippen LogP contribution >= 0.6 is 0 Å². The summed E-state index contributed by atoms with van der Waals surface area (Å²) in [6.45, 7) is 2.56. The lowest BCUT2D eigenvalue weighted by Crippen LogP contribution is -2.31. The largest absolute Gasteiger partial charge is 0.375 e. The maximum absolute atomic E-state index is 13.8. The molecular weight excluding hydrogens is 454 g/mol. The van der Waals surface area contributed by atoms with Gasteiger partial charge in [-0.2, -0.15) is 0 Å². The lowest BCUT2D eigenvalue weighted by Gasteiger charge is -2.26. The Morgan fingerprint density at radius 3 is 2.81 bits per heavy atom. The van der Waals surface area contributed by atoms with E-state index in [-0.39, 0.29) is 24.5 Å². The number of imidazole rings is 1. The first kappa shape index (κ1) is 23.7. The minimum atomic E-state index is -0.299. The number of amides is 2. The van der Waals surface area contributed by atoms with Gasteiger partial charge in [-0.05, 0) is 61.6 Å². The second-order valence-electron chi connectivity index (χ2n) is 8.91. The van der Waals surface area contributed by atoms with Crippen molar-refractivity contribution in [3.05, 3.63) is 77.6 Å². The topological polar surface area (TPSA) is 98.1 Å². The monoisotopic (exact) mass is 483 g/mol. The van der Waals surface area contributed by atoms with Crippen molar-refractivity contribution in [1.82, 2.24) is 19.9 Å². The summed E-state index contributed by atoms with van der Waals surface area (Å²) in [6, 6.07) is 15.5. The first-order valence-electron chi connectivity index (χ1n) is 12.2. The Kier molecular flexibility index (Phi) is 6.77. The van der Waals surface area contributed by atoms with Crippen LogP contribution in [0.1, 0.15) is 47.3 Å². The molecule has 0 bridgehead atoms. The van der Waals surface area contributed by atoms with Crippen LogP contribution in [0, 0.1) is 0 Å². The van der Waals surface area contributed by atoms with Crippen LogP contribution in [0.5, 0.6) is 0 Å². The molecule has 0 radical (unpaired) electrons. The number of benzene rings is 2. The molecule has 0 aliphatic heterocycles. The molecule has 2 N–H and O–H groups in total. The van der Waals surface area contributed by atoms with Gasteiger partial charge in [0.15, 0.2) is 0 Å². The molecule has 2 aromatic carbocycles. The Morgan fingerprint density at radius 2 is 2.03 bits per heavy atom. The molecule has 0 saturated carbocycles. The lowest BCUT2D eigenvalue weighted by molar-refractivity contribution is -0.119. The van der Waals surface area contributed by atoms with Crippen molar-refractivity contribution < 1.29 is 14.3 Å². The number of hydrogen-bond acceptors (Lipinski definition) is 5. The van der Waals surface area contributed by atoms with E-state index in [1.807, 2.05) is 35.8 Å². The second kappa shape index (κ2) is 10.3. The van der Waals surface area contributed by atoms with Crippen LogP contribution in [0.4, 0.5) is 5.69 Å². The van der Waals surface area contributed by atoms with Gasteiger partial charge in [-0.25, -0.2) is 4.98 Å². The number of nitrogens with zero attached hydrogens (tertiary/aromatic N) is 3. The number of pyridine rings is 1. The van der Waals surface area contributed by atoms with E-state index in [1.165, 1.54) is 12.7 Å². The van der Waals surface area contributed by atoms with Crippen molar-refractivity contribution >= 4 is 28.5 Å². The molecule has 0 unspecified atom stereocenters. The predicted molar refractivity (Wildman–Crippen MR) is 139 cm³/mol. The van der Waals surface area contributed by atoms with Crippen molar-refractivity contribution in [2.75, 3.05) is 19.0 Å². The van der Waals surface area contributed by atoms with Crippen LogP contribution in [-0.2, 0) is 22.5 Å². The van der Waals surface area contributed by atoms with Gasteiger partial charge >= 0.3 is 0 Å². The molecule has 2 heterocycles. The highest BCUT2D eigenvalue weighted by Gasteiger charge is 2.25. The van der Waals surface area contributed by atoms with Crippen LogP contribution in [0.2, 0.25) is 0 Å². The first-order valence-corrected chi connectivity index (χ1v) is 12.2. The molecule has 1 aliphatic rings. The number of methoxy groups -OCH3 is 1. The standard InChI is InChI=1S/C28H29N5O3/c1-3-33-26-22(28(35)32-23-12-6-9-18-8-4-5-11-21(18)23)14-20(30-25(34)17-36-2)15-24(26)31-27(33)19-10-7-13-29-16-19/h4-5,7-8,10-11,13-16,23H,3,6,9,12,17H2,1-2H3,(H,30,34)(H,32,35)/t23-/m1/s1. The number of aromatic nitrogens is 3. The van der Waals surface area contributed by atoms with Gasteiger partial charge in [0.05, 0.1) is 22.6 Å². The van der Waals surface area contributed by atoms with E-state index in [2.05, 4.69) is 27.8 Å². The lowest BCUT2D eigenvalue weighted by atomic mass is 9.87. The smallest absolute Gasteiger partial charge is 0.254 e. The third kappa shape index (κ3) is 4.59. The predicted octanol–water partition coefficient (Wildman–Crippen LogP) is 4.51. The maximum Gasteiger partial charge on any atom is 0.254 e. The molecule has 0 spiro atoms. The van der Waals surface area contributed by atoms with Crippen molar-refractivity contribution in [1.29, 1.82) is 0 Å². The number of nitrogens with one attached hydrogen (secondary N) is 2. The van der Waals surface area contributed by atoms with E-state index < -0.39 is 0 Å². The van der Waals surface area contributed by atoms with Gasteiger partial charge < -0.3 is 19.9 Å². The van der Waals surface area contributed by atoms with Gasteiger partial charge in [0, 0.05) is 37.3 Å². The van der Waals surface area contributed by atoms with Crippen molar-refractivity contribution in [3.63, 3.8) is 0 Å². The Bertz CT molecular complexity index is 1410. The highest BCUT2D eigenvalue weighted by Crippen LogP contribution is 2.32. The fourth-order valence-electron chi connectivity index (χ4n) is 5.00. The summed E-state index contributed by atoms with van der Waals surface area (Å²) < 4.78 is 6.98. The summed E-state index contributed by atoms with van der Waals surface area (Å²) in [5.41, 5.74) is 5.61. The molecule has 4 aromatic rings. The third-order valence-electron chi connectivity index (χ3n) is 6.56. The fourth-order valence-corrected chi connectivity index (χ4v) is 5.00. The quantitative estimate of drug-likeness (QED) is 0.403. The van der Waals surface area contributed by atoms with Gasteiger partial charge in [-0.1, -0.05) is 24.3 Å². The highest BCUT2D eigenvalue weighted by molar-refractivity contribution is 6.08. The van der Waals surface area contributed by atoms with E-state index in [1.54, 1.807) is 24.5 Å². The molecule has 2 aromatic heterocycles.